The summed E-state index contributed by atoms with van der Waals surface area (Å²) in [6.07, 6.45) is -1.67. The average molecular weight is 608 g/mol. The predicted octanol–water partition coefficient (Wildman–Crippen LogP) is 4.78. The van der Waals surface area contributed by atoms with E-state index in [0.717, 1.165) is 6.07 Å². The van der Waals surface area contributed by atoms with Gasteiger partial charge in [-0.3, -0.25) is 14.6 Å². The molecule has 1 heterocycles. The number of carbonyl (C=O) groups excluding carboxylic acids is 2. The molecule has 0 fully saturated rings. The first kappa shape index (κ1) is 31.8. The number of anilines is 1. The third-order valence-electron chi connectivity index (χ3n) is 5.48. The van der Waals surface area contributed by atoms with E-state index in [4.69, 9.17) is 21.8 Å². The van der Waals surface area contributed by atoms with Gasteiger partial charge in [0, 0.05) is 59.5 Å². The van der Waals surface area contributed by atoms with Crippen molar-refractivity contribution in [2.24, 2.45) is 4.36 Å². The molecule has 3 N–H and O–H groups in total. The van der Waals surface area contributed by atoms with Crippen LogP contribution in [0.25, 0.3) is 0 Å². The zero-order chi connectivity index (χ0) is 30.0. The molecule has 8 nitrogen and oxygen atoms in total. The second-order valence-electron chi connectivity index (χ2n) is 8.67. The molecule has 1 aromatic heterocycles. The summed E-state index contributed by atoms with van der Waals surface area (Å²) < 4.78 is 56.3. The van der Waals surface area contributed by atoms with Crippen LogP contribution in [0.4, 0.5) is 18.9 Å². The van der Waals surface area contributed by atoms with Crippen molar-refractivity contribution in [3.05, 3.63) is 93.8 Å². The molecule has 0 atom stereocenters. The largest absolute Gasteiger partial charge is 0.417 e. The standard InChI is InChI=1S/C28H25ClF3N3O5S/c29-25-9-8-21(16-24(25)28(30,31)32)26(38)34-23-5-1-4-19(15-23)6-7-20-14-22(18-33-17-20)27(39)35-41(40,12-2-10-36)13-3-11-37/h1,4-5,8-9,14-18,36-37H,2-3,10-13H2,(H,34,38). The van der Waals surface area contributed by atoms with Crippen LogP contribution < -0.4 is 5.32 Å². The fraction of sp³-hybridized carbons (Fsp3) is 0.250. The van der Waals surface area contributed by atoms with Gasteiger partial charge >= 0.3 is 6.18 Å². The Hall–Kier alpha value is -3.76. The minimum Gasteiger partial charge on any atom is -0.396 e. The smallest absolute Gasteiger partial charge is 0.396 e. The van der Waals surface area contributed by atoms with Crippen LogP contribution in [0.15, 0.2) is 65.3 Å². The highest BCUT2D eigenvalue weighted by molar-refractivity contribution is 7.93. The Bertz CT molecular complexity index is 1600. The number of amides is 2. The van der Waals surface area contributed by atoms with Gasteiger partial charge in [-0.1, -0.05) is 29.5 Å². The van der Waals surface area contributed by atoms with Crippen molar-refractivity contribution >= 4 is 38.8 Å². The molecule has 41 heavy (non-hydrogen) atoms. The van der Waals surface area contributed by atoms with Gasteiger partial charge in [-0.2, -0.15) is 17.5 Å². The Balaban J connectivity index is 1.78. The van der Waals surface area contributed by atoms with E-state index in [1.54, 1.807) is 12.1 Å². The molecular formula is C28H25ClF3N3O5S. The van der Waals surface area contributed by atoms with Crippen molar-refractivity contribution in [1.29, 1.82) is 0 Å². The summed E-state index contributed by atoms with van der Waals surface area (Å²) >= 11 is 5.62. The molecule has 13 heteroatoms. The Morgan fingerprint density at radius 2 is 1.63 bits per heavy atom. The van der Waals surface area contributed by atoms with E-state index in [2.05, 4.69) is 26.5 Å². The minimum absolute atomic E-state index is 0.0105. The zero-order valence-corrected chi connectivity index (χ0v) is 23.0. The third kappa shape index (κ3) is 9.40. The van der Waals surface area contributed by atoms with Gasteiger partial charge in [0.2, 0.25) is 0 Å². The van der Waals surface area contributed by atoms with E-state index < -0.39 is 38.3 Å². The Morgan fingerprint density at radius 3 is 2.29 bits per heavy atom. The molecule has 3 rings (SSSR count). The Morgan fingerprint density at radius 1 is 0.951 bits per heavy atom. The predicted molar refractivity (Wildman–Crippen MR) is 149 cm³/mol. The summed E-state index contributed by atoms with van der Waals surface area (Å²) in [5.41, 5.74) is -0.212. The summed E-state index contributed by atoms with van der Waals surface area (Å²) in [5.74, 6) is 4.18. The maximum absolute atomic E-state index is 13.1. The number of nitrogens with one attached hydrogen (secondary N) is 1. The number of pyridine rings is 1. The second kappa shape index (κ2) is 14.2. The van der Waals surface area contributed by atoms with E-state index in [1.165, 1.54) is 36.7 Å². The number of aliphatic hydroxyl groups is 2. The lowest BCUT2D eigenvalue weighted by molar-refractivity contribution is -0.137. The topological polar surface area (TPSA) is 129 Å². The van der Waals surface area contributed by atoms with Crippen LogP contribution in [0.5, 0.6) is 0 Å². The average Bonchev–Trinajstić information content (AvgIpc) is 2.94. The number of aromatic nitrogens is 1. The lowest BCUT2D eigenvalue weighted by Crippen LogP contribution is -2.15. The van der Waals surface area contributed by atoms with Crippen molar-refractivity contribution in [3.63, 3.8) is 0 Å². The quantitative estimate of drug-likeness (QED) is 0.300. The summed E-state index contributed by atoms with van der Waals surface area (Å²) in [7, 11) is -2.98. The van der Waals surface area contributed by atoms with Crippen molar-refractivity contribution in [3.8, 4) is 11.8 Å². The SMILES string of the molecule is O=C(N=S(=O)(CCCO)CCCO)c1cncc(C#Cc2cccc(NC(=O)c3ccc(Cl)c(C(F)(F)F)c3)c2)c1. The summed E-state index contributed by atoms with van der Waals surface area (Å²) in [4.78, 5) is 29.3. The summed E-state index contributed by atoms with van der Waals surface area (Å²) in [6, 6.07) is 10.6. The van der Waals surface area contributed by atoms with Gasteiger partial charge in [0.15, 0.2) is 0 Å². The number of alkyl halides is 3. The number of carbonyl (C=O) groups is 2. The van der Waals surface area contributed by atoms with Gasteiger partial charge in [-0.15, -0.1) is 0 Å². The second-order valence-corrected chi connectivity index (χ2v) is 11.6. The van der Waals surface area contributed by atoms with Gasteiger partial charge in [0.1, 0.15) is 0 Å². The highest BCUT2D eigenvalue weighted by atomic mass is 35.5. The molecule has 0 bridgehead atoms. The molecule has 0 aliphatic heterocycles. The first-order chi connectivity index (χ1) is 19.4. The van der Waals surface area contributed by atoms with E-state index in [1.807, 2.05) is 0 Å². The van der Waals surface area contributed by atoms with Crippen LogP contribution in [-0.4, -0.2) is 55.9 Å². The summed E-state index contributed by atoms with van der Waals surface area (Å²) in [6.45, 7) is -0.422. The van der Waals surface area contributed by atoms with E-state index in [-0.39, 0.29) is 54.4 Å². The lowest BCUT2D eigenvalue weighted by Gasteiger charge is -2.11. The van der Waals surface area contributed by atoms with Crippen LogP contribution >= 0.6 is 11.6 Å². The number of aliphatic hydroxyl groups excluding tert-OH is 2. The van der Waals surface area contributed by atoms with E-state index >= 15 is 0 Å². The number of hydrogen-bond donors (Lipinski definition) is 3. The number of hydrogen-bond acceptors (Lipinski definition) is 6. The monoisotopic (exact) mass is 607 g/mol. The van der Waals surface area contributed by atoms with Crippen LogP contribution in [0.3, 0.4) is 0 Å². The number of halogens is 4. The van der Waals surface area contributed by atoms with Crippen molar-refractivity contribution in [2.45, 2.75) is 19.0 Å². The number of rotatable bonds is 9. The van der Waals surface area contributed by atoms with E-state index in [0.29, 0.717) is 17.2 Å². The maximum atomic E-state index is 13.1. The highest BCUT2D eigenvalue weighted by Gasteiger charge is 2.33. The van der Waals surface area contributed by atoms with Crippen LogP contribution in [0.2, 0.25) is 5.02 Å². The number of benzene rings is 2. The first-order valence-corrected chi connectivity index (χ1v) is 14.4. The number of nitrogens with zero attached hydrogens (tertiary/aromatic N) is 2. The van der Waals surface area contributed by atoms with Crippen LogP contribution in [0.1, 0.15) is 50.2 Å². The van der Waals surface area contributed by atoms with Gasteiger partial charge < -0.3 is 15.5 Å². The van der Waals surface area contributed by atoms with Crippen LogP contribution in [0, 0.1) is 11.8 Å². The molecule has 0 unspecified atom stereocenters. The fourth-order valence-electron chi connectivity index (χ4n) is 3.51. The molecule has 0 spiro atoms. The molecule has 0 radical (unpaired) electrons. The van der Waals surface area contributed by atoms with Gasteiger partial charge in [-0.05, 0) is 55.3 Å². The van der Waals surface area contributed by atoms with Crippen molar-refractivity contribution < 1.29 is 37.2 Å². The van der Waals surface area contributed by atoms with Gasteiger partial charge in [-0.25, -0.2) is 4.21 Å². The highest BCUT2D eigenvalue weighted by Crippen LogP contribution is 2.35. The van der Waals surface area contributed by atoms with Crippen LogP contribution in [-0.2, 0) is 15.9 Å². The molecule has 2 amide bonds. The Kier molecular flexibility index (Phi) is 11.0. The molecule has 3 aromatic rings. The first-order valence-electron chi connectivity index (χ1n) is 12.2. The van der Waals surface area contributed by atoms with Gasteiger partial charge in [0.05, 0.1) is 25.9 Å². The van der Waals surface area contributed by atoms with Gasteiger partial charge in [0.25, 0.3) is 11.8 Å². The fourth-order valence-corrected chi connectivity index (χ4v) is 5.69. The zero-order valence-electron chi connectivity index (χ0n) is 21.4. The summed E-state index contributed by atoms with van der Waals surface area (Å²) in [5, 5.41) is 20.1. The minimum atomic E-state index is -4.72. The molecule has 0 aliphatic rings. The molecule has 0 aliphatic carbocycles. The Labute approximate surface area is 239 Å². The molecule has 216 valence electrons. The molecule has 0 saturated carbocycles. The normalized spacial score (nSPS) is 11.4. The molecule has 0 saturated heterocycles. The molecular weight excluding hydrogens is 583 g/mol. The molecule has 2 aromatic carbocycles. The van der Waals surface area contributed by atoms with Crippen molar-refractivity contribution in [1.82, 2.24) is 4.98 Å². The maximum Gasteiger partial charge on any atom is 0.417 e. The lowest BCUT2D eigenvalue weighted by atomic mass is 10.1. The van der Waals surface area contributed by atoms with E-state index in [9.17, 15) is 27.0 Å². The third-order valence-corrected chi connectivity index (χ3v) is 8.16. The van der Waals surface area contributed by atoms with Crippen molar-refractivity contribution in [2.75, 3.05) is 30.0 Å².